The van der Waals surface area contributed by atoms with Gasteiger partial charge in [0.2, 0.25) is 0 Å². The summed E-state index contributed by atoms with van der Waals surface area (Å²) < 4.78 is 5.70. The molecule has 0 saturated heterocycles. The molecule has 0 aliphatic heterocycles. The Labute approximate surface area is 115 Å². The van der Waals surface area contributed by atoms with Gasteiger partial charge in [-0.1, -0.05) is 72.0 Å². The van der Waals surface area contributed by atoms with Crippen LogP contribution in [-0.4, -0.2) is 10.2 Å². The van der Waals surface area contributed by atoms with Gasteiger partial charge in [0.1, 0.15) is 0 Å². The zero-order chi connectivity index (χ0) is 14.1. The van der Waals surface area contributed by atoms with Crippen LogP contribution in [0.4, 0.5) is 5.69 Å². The van der Waals surface area contributed by atoms with E-state index in [0.717, 1.165) is 5.69 Å². The summed E-state index contributed by atoms with van der Waals surface area (Å²) in [5.74, 6) is 3.75. The SMILES string of the molecule is C=[S-](=C=S)Nc1ccccc1.CC.CC.CC. The molecule has 0 radical (unpaired) electrons. The highest BCUT2D eigenvalue weighted by Gasteiger charge is 1.77. The second-order valence-corrected chi connectivity index (χ2v) is 3.59. The first-order valence-corrected chi connectivity index (χ1v) is 7.86. The minimum absolute atomic E-state index is 0.363. The lowest BCUT2D eigenvalue weighted by Gasteiger charge is -2.10. The molecule has 0 aliphatic carbocycles. The van der Waals surface area contributed by atoms with Gasteiger partial charge in [0, 0.05) is 5.69 Å². The number of nitrogens with one attached hydrogen (secondary N) is 1. The summed E-state index contributed by atoms with van der Waals surface area (Å²) in [7, 11) is -0.363. The summed E-state index contributed by atoms with van der Waals surface area (Å²) in [6.07, 6.45) is 0. The average Bonchev–Trinajstić information content (AvgIpc) is 2.46. The van der Waals surface area contributed by atoms with Crippen LogP contribution in [0, 0.1) is 0 Å². The van der Waals surface area contributed by atoms with Crippen molar-refractivity contribution in [2.75, 3.05) is 4.72 Å². The molecule has 0 atom stereocenters. The Morgan fingerprint density at radius 1 is 1.00 bits per heavy atom. The van der Waals surface area contributed by atoms with Crippen molar-refractivity contribution in [3.05, 3.63) is 30.3 Å². The van der Waals surface area contributed by atoms with Gasteiger partial charge in [-0.15, -0.1) is 0 Å². The smallest absolute Gasteiger partial charge is 0.0153 e. The first kappa shape index (κ1) is 21.5. The van der Waals surface area contributed by atoms with Crippen LogP contribution in [0.25, 0.3) is 0 Å². The molecular formula is C14H26NS2-. The van der Waals surface area contributed by atoms with E-state index < -0.39 is 0 Å². The third-order valence-electron chi connectivity index (χ3n) is 1.12. The number of anilines is 1. The summed E-state index contributed by atoms with van der Waals surface area (Å²) in [6, 6.07) is 9.83. The maximum atomic E-state index is 4.61. The number of benzene rings is 1. The fraction of sp³-hybridized carbons (Fsp3) is 0.429. The van der Waals surface area contributed by atoms with Crippen LogP contribution < -0.4 is 4.72 Å². The predicted octanol–water partition coefficient (Wildman–Crippen LogP) is 4.98. The fourth-order valence-electron chi connectivity index (χ4n) is 0.669. The minimum atomic E-state index is -0.363. The first-order valence-electron chi connectivity index (χ1n) is 6.06. The van der Waals surface area contributed by atoms with E-state index in [0.29, 0.717) is 0 Å². The van der Waals surface area contributed by atoms with Crippen LogP contribution in [-0.2, 0) is 10.3 Å². The largest absolute Gasteiger partial charge is 0.473 e. The van der Waals surface area contributed by atoms with Crippen molar-refractivity contribution >= 4 is 38.3 Å². The standard InChI is InChI=1S/C8H8NS2.3C2H6/c1-11(7-10)9-8-5-3-2-4-6-8;3*1-2/h2-6,9H,1H2;3*1-2H3/q-1;;;. The molecule has 0 spiro atoms. The van der Waals surface area contributed by atoms with E-state index in [4.69, 9.17) is 0 Å². The summed E-state index contributed by atoms with van der Waals surface area (Å²) in [5, 5.41) is 0. The first-order chi connectivity index (χ1) is 8.33. The van der Waals surface area contributed by atoms with Gasteiger partial charge in [0.05, 0.1) is 0 Å². The molecule has 0 fully saturated rings. The highest BCUT2D eigenvalue weighted by molar-refractivity contribution is 8.02. The lowest BCUT2D eigenvalue weighted by Crippen LogP contribution is -1.93. The zero-order valence-corrected chi connectivity index (χ0v) is 13.5. The van der Waals surface area contributed by atoms with Crippen LogP contribution in [0.15, 0.2) is 30.3 Å². The third-order valence-corrected chi connectivity index (χ3v) is 2.40. The highest BCUT2D eigenvalue weighted by atomic mass is 32.2. The van der Waals surface area contributed by atoms with Crippen LogP contribution in [0.1, 0.15) is 41.5 Å². The Bertz CT molecular complexity index is 321. The molecule has 0 aliphatic rings. The number of para-hydroxylation sites is 1. The lowest BCUT2D eigenvalue weighted by molar-refractivity contribution is 1.50. The van der Waals surface area contributed by atoms with Crippen molar-refractivity contribution < 1.29 is 0 Å². The maximum absolute atomic E-state index is 4.61. The van der Waals surface area contributed by atoms with Crippen molar-refractivity contribution in [2.45, 2.75) is 41.5 Å². The third kappa shape index (κ3) is 15.2. The quantitative estimate of drug-likeness (QED) is 0.602. The molecule has 1 rings (SSSR count). The molecule has 0 bridgehead atoms. The monoisotopic (exact) mass is 272 g/mol. The van der Waals surface area contributed by atoms with Crippen molar-refractivity contribution in [1.82, 2.24) is 0 Å². The van der Waals surface area contributed by atoms with Crippen LogP contribution in [0.3, 0.4) is 0 Å². The minimum Gasteiger partial charge on any atom is -0.473 e. The van der Waals surface area contributed by atoms with Crippen molar-refractivity contribution in [3.8, 4) is 0 Å². The molecule has 1 aromatic carbocycles. The van der Waals surface area contributed by atoms with Crippen LogP contribution >= 0.6 is 12.2 Å². The Morgan fingerprint density at radius 3 is 1.76 bits per heavy atom. The molecule has 0 amide bonds. The van der Waals surface area contributed by atoms with Gasteiger partial charge in [-0.05, 0) is 12.1 Å². The second-order valence-electron chi connectivity index (χ2n) is 1.94. The summed E-state index contributed by atoms with van der Waals surface area (Å²) >= 11 is 4.61. The van der Waals surface area contributed by atoms with Gasteiger partial charge in [-0.3, -0.25) is 0 Å². The Hall–Kier alpha value is -0.760. The predicted molar refractivity (Wildman–Crippen MR) is 91.2 cm³/mol. The Morgan fingerprint density at radius 2 is 1.41 bits per heavy atom. The van der Waals surface area contributed by atoms with E-state index in [2.05, 4.69) is 27.1 Å². The number of rotatable bonds is 2. The topological polar surface area (TPSA) is 12.0 Å². The molecule has 17 heavy (non-hydrogen) atoms. The molecule has 1 nitrogen and oxygen atoms in total. The van der Waals surface area contributed by atoms with E-state index in [1.165, 1.54) is 0 Å². The van der Waals surface area contributed by atoms with Crippen molar-refractivity contribution in [2.24, 2.45) is 0 Å². The van der Waals surface area contributed by atoms with E-state index in [1.54, 1.807) is 0 Å². The van der Waals surface area contributed by atoms with E-state index in [9.17, 15) is 0 Å². The molecular weight excluding hydrogens is 246 g/mol. The molecule has 0 aromatic heterocycles. The van der Waals surface area contributed by atoms with Gasteiger partial charge in [0.15, 0.2) is 0 Å². The maximum Gasteiger partial charge on any atom is 0.0153 e. The van der Waals surface area contributed by atoms with E-state index in [1.807, 2.05) is 71.9 Å². The van der Waals surface area contributed by atoms with Gasteiger partial charge in [-0.2, -0.15) is 4.31 Å². The Kier molecular flexibility index (Phi) is 26.1. The van der Waals surface area contributed by atoms with Crippen LogP contribution in [0.2, 0.25) is 0 Å². The summed E-state index contributed by atoms with van der Waals surface area (Å²) in [6.45, 7) is 12.0. The lowest BCUT2D eigenvalue weighted by atomic mass is 10.3. The normalized spacial score (nSPS) is 7.00. The van der Waals surface area contributed by atoms with Gasteiger partial charge in [0.25, 0.3) is 0 Å². The van der Waals surface area contributed by atoms with E-state index in [-0.39, 0.29) is 10.3 Å². The molecule has 1 aromatic rings. The second kappa shape index (κ2) is 20.6. The van der Waals surface area contributed by atoms with Gasteiger partial charge in [-0.25, -0.2) is 5.87 Å². The molecule has 3 heteroatoms. The fourth-order valence-corrected chi connectivity index (χ4v) is 1.26. The van der Waals surface area contributed by atoms with Crippen molar-refractivity contribution in [3.63, 3.8) is 0 Å². The average molecular weight is 273 g/mol. The van der Waals surface area contributed by atoms with E-state index >= 15 is 0 Å². The molecule has 0 unspecified atom stereocenters. The summed E-state index contributed by atoms with van der Waals surface area (Å²) in [4.78, 5) is 0. The number of hydrogen-bond acceptors (Lipinski definition) is 3. The molecule has 100 valence electrons. The zero-order valence-electron chi connectivity index (χ0n) is 11.9. The summed E-state index contributed by atoms with van der Waals surface area (Å²) in [5.41, 5.74) is 1.03. The Balaban J connectivity index is -0.000000285. The number of thiocarbonyl (C=S) groups is 1. The molecule has 1 N–H and O–H groups in total. The van der Waals surface area contributed by atoms with Gasteiger partial charge < -0.3 is 15.0 Å². The van der Waals surface area contributed by atoms with Crippen molar-refractivity contribution in [1.29, 1.82) is 0 Å². The highest BCUT2D eigenvalue weighted by Crippen LogP contribution is 2.03. The van der Waals surface area contributed by atoms with Gasteiger partial charge >= 0.3 is 0 Å². The molecule has 0 saturated carbocycles. The number of hydrogen-bond donors (Lipinski definition) is 1. The van der Waals surface area contributed by atoms with Crippen LogP contribution in [0.5, 0.6) is 0 Å². The molecule has 0 heterocycles.